The summed E-state index contributed by atoms with van der Waals surface area (Å²) in [6, 6.07) is 4.47. The summed E-state index contributed by atoms with van der Waals surface area (Å²) in [4.78, 5) is 10.7. The molecule has 24 heavy (non-hydrogen) atoms. The fraction of sp³-hybridized carbons (Fsp3) is 0.471. The Labute approximate surface area is 147 Å². The van der Waals surface area contributed by atoms with Crippen LogP contribution in [0, 0.1) is 5.82 Å². The minimum absolute atomic E-state index is 0.155. The number of carboxylic acids is 1. The van der Waals surface area contributed by atoms with E-state index in [0.29, 0.717) is 11.3 Å². The summed E-state index contributed by atoms with van der Waals surface area (Å²) in [5.74, 6) is -1.21. The van der Waals surface area contributed by atoms with E-state index < -0.39 is 30.1 Å². The lowest BCUT2D eigenvalue weighted by atomic mass is 9.78. The molecule has 1 aromatic carbocycles. The fourth-order valence-electron chi connectivity index (χ4n) is 2.36. The molecule has 0 radical (unpaired) electrons. The maximum Gasteiger partial charge on any atom is 0.491 e. The molecule has 0 saturated carbocycles. The molecule has 1 aliphatic heterocycles. The quantitative estimate of drug-likeness (QED) is 0.630. The molecule has 0 amide bonds. The van der Waals surface area contributed by atoms with E-state index in [0.717, 1.165) is 5.47 Å². The predicted molar refractivity (Wildman–Crippen MR) is 95.7 cm³/mol. The van der Waals surface area contributed by atoms with Crippen molar-refractivity contribution in [3.05, 3.63) is 40.6 Å². The molecule has 1 aromatic rings. The van der Waals surface area contributed by atoms with Crippen LogP contribution in [0.2, 0.25) is 0 Å². The molecule has 0 bridgehead atoms. The van der Waals surface area contributed by atoms with Crippen LogP contribution in [0.4, 0.5) is 4.39 Å². The average molecular weight is 352 g/mol. The van der Waals surface area contributed by atoms with Crippen molar-refractivity contribution in [1.29, 1.82) is 0 Å². The van der Waals surface area contributed by atoms with E-state index in [4.69, 9.17) is 14.4 Å². The third-order valence-corrected chi connectivity index (χ3v) is 4.87. The van der Waals surface area contributed by atoms with Crippen LogP contribution in [0.1, 0.15) is 38.8 Å². The number of hydrogen-bond donors (Lipinski definition) is 2. The topological polar surface area (TPSA) is 55.8 Å². The number of hydrogen-bond acceptors (Lipinski definition) is 4. The van der Waals surface area contributed by atoms with E-state index in [-0.39, 0.29) is 12.0 Å². The molecule has 0 aliphatic carbocycles. The lowest BCUT2D eigenvalue weighted by molar-refractivity contribution is -0.136. The van der Waals surface area contributed by atoms with Crippen molar-refractivity contribution in [2.24, 2.45) is 0 Å². The first-order chi connectivity index (χ1) is 11.1. The Hall–Kier alpha value is -1.31. The van der Waals surface area contributed by atoms with E-state index in [2.05, 4.69) is 12.6 Å². The molecule has 130 valence electrons. The van der Waals surface area contributed by atoms with Crippen LogP contribution in [0.5, 0.6) is 0 Å². The Morgan fingerprint density at radius 2 is 1.88 bits per heavy atom. The number of carbonyl (C=O) groups is 1. The van der Waals surface area contributed by atoms with Gasteiger partial charge in [0, 0.05) is 5.75 Å². The first-order valence-corrected chi connectivity index (χ1v) is 8.36. The van der Waals surface area contributed by atoms with Crippen LogP contribution in [0.15, 0.2) is 23.7 Å². The van der Waals surface area contributed by atoms with Crippen molar-refractivity contribution >= 4 is 31.8 Å². The summed E-state index contributed by atoms with van der Waals surface area (Å²) in [5.41, 5.74) is 0.623. The fourth-order valence-corrected chi connectivity index (χ4v) is 2.60. The average Bonchev–Trinajstić information content (AvgIpc) is 2.67. The molecule has 1 N–H and O–H groups in total. The number of carboxylic acid groups (broad SMARTS) is 1. The molecule has 0 unspecified atom stereocenters. The van der Waals surface area contributed by atoms with Gasteiger partial charge in [-0.1, -0.05) is 18.2 Å². The van der Waals surface area contributed by atoms with E-state index >= 15 is 0 Å². The van der Waals surface area contributed by atoms with Crippen LogP contribution in [0.25, 0.3) is 6.08 Å². The van der Waals surface area contributed by atoms with Gasteiger partial charge in [-0.15, -0.1) is 0 Å². The Bertz CT molecular complexity index is 657. The molecular formula is C17H22BFO4S. The molecule has 4 nitrogen and oxygen atoms in total. The number of halogens is 1. The monoisotopic (exact) mass is 352 g/mol. The minimum Gasteiger partial charge on any atom is -0.481 e. The summed E-state index contributed by atoms with van der Waals surface area (Å²) in [6.07, 6.45) is 1.43. The highest BCUT2D eigenvalue weighted by Crippen LogP contribution is 2.39. The first-order valence-electron chi connectivity index (χ1n) is 7.73. The van der Waals surface area contributed by atoms with Gasteiger partial charge in [-0.05, 0) is 50.4 Å². The smallest absolute Gasteiger partial charge is 0.481 e. The van der Waals surface area contributed by atoms with Crippen LogP contribution in [0.3, 0.4) is 0 Å². The van der Waals surface area contributed by atoms with Gasteiger partial charge in [-0.25, -0.2) is 4.39 Å². The predicted octanol–water partition coefficient (Wildman–Crippen LogP) is 3.40. The Balaban J connectivity index is 2.25. The normalized spacial score (nSPS) is 19.6. The van der Waals surface area contributed by atoms with Crippen LogP contribution in [-0.2, 0) is 20.5 Å². The van der Waals surface area contributed by atoms with Gasteiger partial charge in [0.2, 0.25) is 0 Å². The summed E-state index contributed by atoms with van der Waals surface area (Å²) < 4.78 is 26.0. The third kappa shape index (κ3) is 4.02. The van der Waals surface area contributed by atoms with E-state index in [1.54, 1.807) is 12.1 Å². The molecule has 0 atom stereocenters. The van der Waals surface area contributed by atoms with Gasteiger partial charge >= 0.3 is 13.1 Å². The van der Waals surface area contributed by atoms with Crippen LogP contribution in [-0.4, -0.2) is 35.1 Å². The minimum atomic E-state index is -1.06. The molecule has 7 heteroatoms. The lowest BCUT2D eigenvalue weighted by Gasteiger charge is -2.32. The zero-order valence-corrected chi connectivity index (χ0v) is 15.2. The highest BCUT2D eigenvalue weighted by molar-refractivity contribution is 7.80. The van der Waals surface area contributed by atoms with Crippen molar-refractivity contribution in [3.63, 3.8) is 0 Å². The van der Waals surface area contributed by atoms with Crippen LogP contribution < -0.4 is 0 Å². The molecule has 0 aromatic heterocycles. The number of aliphatic carboxylic acids is 1. The second-order valence-corrected chi connectivity index (χ2v) is 7.20. The highest BCUT2D eigenvalue weighted by atomic mass is 32.1. The molecular weight excluding hydrogens is 330 g/mol. The largest absolute Gasteiger partial charge is 0.491 e. The van der Waals surface area contributed by atoms with Crippen molar-refractivity contribution in [2.45, 2.75) is 45.3 Å². The van der Waals surface area contributed by atoms with Crippen molar-refractivity contribution in [2.75, 3.05) is 5.75 Å². The van der Waals surface area contributed by atoms with Gasteiger partial charge in [0.25, 0.3) is 0 Å². The third-order valence-electron chi connectivity index (χ3n) is 4.51. The van der Waals surface area contributed by atoms with Gasteiger partial charge in [-0.2, -0.15) is 12.6 Å². The van der Waals surface area contributed by atoms with Gasteiger partial charge in [0.1, 0.15) is 5.82 Å². The highest BCUT2D eigenvalue weighted by Gasteiger charge is 2.52. The number of benzene rings is 1. The second-order valence-electron chi connectivity index (χ2n) is 6.89. The Morgan fingerprint density at radius 1 is 1.29 bits per heavy atom. The molecule has 0 spiro atoms. The SMILES string of the molecule is CC1(C)OB(C(=Cc2ccc(CC(=O)O)c(F)c2)CS)OC1(C)C. The Kier molecular flexibility index (Phi) is 5.47. The molecule has 1 heterocycles. The summed E-state index contributed by atoms with van der Waals surface area (Å²) in [6.45, 7) is 7.85. The van der Waals surface area contributed by atoms with Gasteiger partial charge < -0.3 is 14.4 Å². The second kappa shape index (κ2) is 6.90. The molecule has 1 fully saturated rings. The van der Waals surface area contributed by atoms with E-state index in [1.165, 1.54) is 12.1 Å². The van der Waals surface area contributed by atoms with Crippen molar-refractivity contribution < 1.29 is 23.6 Å². The van der Waals surface area contributed by atoms with Crippen molar-refractivity contribution in [1.82, 2.24) is 0 Å². The Morgan fingerprint density at radius 3 is 2.33 bits per heavy atom. The number of thiol groups is 1. The van der Waals surface area contributed by atoms with Gasteiger partial charge in [-0.3, -0.25) is 4.79 Å². The summed E-state index contributed by atoms with van der Waals surface area (Å²) >= 11 is 4.33. The molecule has 1 saturated heterocycles. The van der Waals surface area contributed by atoms with E-state index in [1.807, 2.05) is 27.7 Å². The zero-order chi connectivity index (χ0) is 18.1. The summed E-state index contributed by atoms with van der Waals surface area (Å²) in [7, 11) is -0.547. The maximum atomic E-state index is 14.0. The van der Waals surface area contributed by atoms with Gasteiger partial charge in [0.15, 0.2) is 0 Å². The lowest BCUT2D eigenvalue weighted by Crippen LogP contribution is -2.41. The van der Waals surface area contributed by atoms with Gasteiger partial charge in [0.05, 0.1) is 17.6 Å². The van der Waals surface area contributed by atoms with Crippen molar-refractivity contribution in [3.8, 4) is 0 Å². The number of rotatable bonds is 5. The molecule has 2 rings (SSSR count). The maximum absolute atomic E-state index is 14.0. The zero-order valence-electron chi connectivity index (χ0n) is 14.3. The summed E-state index contributed by atoms with van der Waals surface area (Å²) in [5, 5.41) is 8.76. The van der Waals surface area contributed by atoms with Crippen LogP contribution >= 0.6 is 12.6 Å². The standard InChI is InChI=1S/C17H22BFO4S/c1-16(2)17(3,4)23-18(22-16)13(10-24)7-11-5-6-12(9-15(20)21)14(19)8-11/h5-8,24H,9-10H2,1-4H3,(H,20,21). The molecule has 1 aliphatic rings. The van der Waals surface area contributed by atoms with E-state index in [9.17, 15) is 9.18 Å². The first kappa shape index (κ1) is 19.0.